The number of carbonyl (C=O) groups is 1. The van der Waals surface area contributed by atoms with Gasteiger partial charge < -0.3 is 14.5 Å². The Balaban J connectivity index is 1.60. The Labute approximate surface area is 135 Å². The molecular formula is C18H32N2O2. The maximum Gasteiger partial charge on any atom is 0.222 e. The van der Waals surface area contributed by atoms with Crippen molar-refractivity contribution in [3.63, 3.8) is 0 Å². The Morgan fingerprint density at radius 2 is 2.05 bits per heavy atom. The summed E-state index contributed by atoms with van der Waals surface area (Å²) in [6, 6.07) is 0. The van der Waals surface area contributed by atoms with Crippen LogP contribution >= 0.6 is 0 Å². The first-order valence-electron chi connectivity index (χ1n) is 9.16. The molecule has 1 aliphatic carbocycles. The van der Waals surface area contributed by atoms with Crippen molar-refractivity contribution < 1.29 is 9.53 Å². The third-order valence-electron chi connectivity index (χ3n) is 6.37. The second-order valence-electron chi connectivity index (χ2n) is 7.76. The van der Waals surface area contributed by atoms with Crippen molar-refractivity contribution in [2.24, 2.45) is 17.3 Å². The number of ether oxygens (including phenoxy) is 1. The SMILES string of the molecule is CCN1C[C@H](COC)[C@@]2(CCN(C(=O)CC3CCCC3)C2)C1. The zero-order chi connectivity index (χ0) is 15.6. The molecule has 3 fully saturated rings. The predicted molar refractivity (Wildman–Crippen MR) is 87.7 cm³/mol. The first kappa shape index (κ1) is 16.3. The topological polar surface area (TPSA) is 32.8 Å². The van der Waals surface area contributed by atoms with E-state index in [1.807, 2.05) is 0 Å². The third kappa shape index (κ3) is 3.18. The fraction of sp³-hybridized carbons (Fsp3) is 0.944. The largest absolute Gasteiger partial charge is 0.384 e. The average Bonchev–Trinajstić information content (AvgIpc) is 3.22. The minimum absolute atomic E-state index is 0.289. The van der Waals surface area contributed by atoms with Gasteiger partial charge in [-0.3, -0.25) is 4.79 Å². The Hall–Kier alpha value is -0.610. The zero-order valence-electron chi connectivity index (χ0n) is 14.4. The van der Waals surface area contributed by atoms with Crippen LogP contribution in [0.25, 0.3) is 0 Å². The van der Waals surface area contributed by atoms with Crippen molar-refractivity contribution in [2.75, 3.05) is 46.4 Å². The second kappa shape index (κ2) is 6.88. The molecule has 3 rings (SSSR count). The van der Waals surface area contributed by atoms with Crippen LogP contribution in [-0.2, 0) is 9.53 Å². The summed E-state index contributed by atoms with van der Waals surface area (Å²) in [5.41, 5.74) is 0.289. The number of carbonyl (C=O) groups excluding carboxylic acids is 1. The van der Waals surface area contributed by atoms with Gasteiger partial charge >= 0.3 is 0 Å². The molecule has 1 amide bonds. The molecule has 0 N–H and O–H groups in total. The molecule has 0 radical (unpaired) electrons. The molecule has 4 heteroatoms. The molecule has 0 aromatic carbocycles. The van der Waals surface area contributed by atoms with Crippen LogP contribution < -0.4 is 0 Å². The molecule has 2 atom stereocenters. The number of rotatable bonds is 5. The second-order valence-corrected chi connectivity index (χ2v) is 7.76. The van der Waals surface area contributed by atoms with Crippen LogP contribution in [0.2, 0.25) is 0 Å². The summed E-state index contributed by atoms with van der Waals surface area (Å²) in [7, 11) is 1.81. The van der Waals surface area contributed by atoms with Gasteiger partial charge in [0.25, 0.3) is 0 Å². The Bertz CT molecular complexity index is 395. The van der Waals surface area contributed by atoms with E-state index in [0.717, 1.165) is 52.2 Å². The fourth-order valence-electron chi connectivity index (χ4n) is 4.98. The van der Waals surface area contributed by atoms with Crippen molar-refractivity contribution >= 4 is 5.91 Å². The molecular weight excluding hydrogens is 276 g/mol. The van der Waals surface area contributed by atoms with Crippen LogP contribution in [0.15, 0.2) is 0 Å². The molecule has 4 nitrogen and oxygen atoms in total. The molecule has 1 saturated carbocycles. The molecule has 0 aromatic rings. The van der Waals surface area contributed by atoms with E-state index in [0.29, 0.717) is 17.7 Å². The summed E-state index contributed by atoms with van der Waals surface area (Å²) < 4.78 is 5.48. The number of amides is 1. The highest BCUT2D eigenvalue weighted by Crippen LogP contribution is 2.44. The van der Waals surface area contributed by atoms with E-state index in [4.69, 9.17) is 4.74 Å². The van der Waals surface area contributed by atoms with E-state index in [9.17, 15) is 4.79 Å². The minimum Gasteiger partial charge on any atom is -0.384 e. The number of hydrogen-bond acceptors (Lipinski definition) is 3. The van der Waals surface area contributed by atoms with Gasteiger partial charge in [-0.2, -0.15) is 0 Å². The highest BCUT2D eigenvalue weighted by molar-refractivity contribution is 5.76. The van der Waals surface area contributed by atoms with Crippen molar-refractivity contribution in [1.29, 1.82) is 0 Å². The molecule has 0 aromatic heterocycles. The van der Waals surface area contributed by atoms with Gasteiger partial charge in [0.15, 0.2) is 0 Å². The summed E-state index contributed by atoms with van der Waals surface area (Å²) >= 11 is 0. The lowest BCUT2D eigenvalue weighted by Gasteiger charge is -2.30. The molecule has 22 heavy (non-hydrogen) atoms. The number of methoxy groups -OCH3 is 1. The number of likely N-dealkylation sites (tertiary alicyclic amines) is 2. The molecule has 0 unspecified atom stereocenters. The number of hydrogen-bond donors (Lipinski definition) is 0. The van der Waals surface area contributed by atoms with E-state index < -0.39 is 0 Å². The van der Waals surface area contributed by atoms with Gasteiger partial charge in [0.2, 0.25) is 5.91 Å². The van der Waals surface area contributed by atoms with E-state index in [-0.39, 0.29) is 5.41 Å². The van der Waals surface area contributed by atoms with Gasteiger partial charge in [-0.15, -0.1) is 0 Å². The van der Waals surface area contributed by atoms with Crippen molar-refractivity contribution in [1.82, 2.24) is 9.80 Å². The fourth-order valence-corrected chi connectivity index (χ4v) is 4.98. The Morgan fingerprint density at radius 1 is 1.27 bits per heavy atom. The maximum absolute atomic E-state index is 12.6. The van der Waals surface area contributed by atoms with Gasteiger partial charge in [0, 0.05) is 51.0 Å². The van der Waals surface area contributed by atoms with Gasteiger partial charge in [0.05, 0.1) is 6.61 Å². The minimum atomic E-state index is 0.289. The molecule has 2 aliphatic heterocycles. The normalized spacial score (nSPS) is 33.4. The first-order valence-corrected chi connectivity index (χ1v) is 9.16. The van der Waals surface area contributed by atoms with Crippen LogP contribution in [0.3, 0.4) is 0 Å². The van der Waals surface area contributed by atoms with E-state index >= 15 is 0 Å². The first-order chi connectivity index (χ1) is 10.7. The molecule has 0 bridgehead atoms. The highest BCUT2D eigenvalue weighted by atomic mass is 16.5. The summed E-state index contributed by atoms with van der Waals surface area (Å²) in [6.45, 7) is 8.38. The number of nitrogens with zero attached hydrogens (tertiary/aromatic N) is 2. The lowest BCUT2D eigenvalue weighted by molar-refractivity contribution is -0.131. The smallest absolute Gasteiger partial charge is 0.222 e. The standard InChI is InChI=1S/C18H32N2O2/c1-3-19-11-16(12-22-2)18(13-19)8-9-20(14-18)17(21)10-15-6-4-5-7-15/h15-16H,3-14H2,1-2H3/t16-,18+/m1/s1. The van der Waals surface area contributed by atoms with Crippen molar-refractivity contribution in [3.05, 3.63) is 0 Å². The Kier molecular flexibility index (Phi) is 5.08. The molecule has 2 heterocycles. The quantitative estimate of drug-likeness (QED) is 0.782. The monoisotopic (exact) mass is 308 g/mol. The van der Waals surface area contributed by atoms with E-state index in [2.05, 4.69) is 16.7 Å². The third-order valence-corrected chi connectivity index (χ3v) is 6.37. The van der Waals surface area contributed by atoms with Gasteiger partial charge in [-0.25, -0.2) is 0 Å². The highest BCUT2D eigenvalue weighted by Gasteiger charge is 2.50. The van der Waals surface area contributed by atoms with Crippen molar-refractivity contribution in [2.45, 2.75) is 45.4 Å². The van der Waals surface area contributed by atoms with E-state index in [1.54, 1.807) is 7.11 Å². The summed E-state index contributed by atoms with van der Waals surface area (Å²) in [6.07, 6.45) is 7.13. The van der Waals surface area contributed by atoms with Crippen LogP contribution in [0.4, 0.5) is 0 Å². The summed E-state index contributed by atoms with van der Waals surface area (Å²) in [5.74, 6) is 1.66. The lowest BCUT2D eigenvalue weighted by atomic mass is 9.77. The Morgan fingerprint density at radius 3 is 2.73 bits per heavy atom. The van der Waals surface area contributed by atoms with Crippen LogP contribution in [0.1, 0.15) is 45.4 Å². The summed E-state index contributed by atoms with van der Waals surface area (Å²) in [5, 5.41) is 0. The summed E-state index contributed by atoms with van der Waals surface area (Å²) in [4.78, 5) is 17.3. The zero-order valence-corrected chi connectivity index (χ0v) is 14.4. The lowest BCUT2D eigenvalue weighted by Crippen LogP contribution is -2.38. The molecule has 1 spiro atoms. The molecule has 2 saturated heterocycles. The molecule has 3 aliphatic rings. The maximum atomic E-state index is 12.6. The van der Waals surface area contributed by atoms with Crippen molar-refractivity contribution in [3.8, 4) is 0 Å². The average molecular weight is 308 g/mol. The van der Waals surface area contributed by atoms with Crippen LogP contribution in [0.5, 0.6) is 0 Å². The predicted octanol–water partition coefficient (Wildman–Crippen LogP) is 2.38. The molecule has 126 valence electrons. The van der Waals surface area contributed by atoms with E-state index in [1.165, 1.54) is 25.7 Å². The van der Waals surface area contributed by atoms with Crippen LogP contribution in [-0.4, -0.2) is 62.1 Å². The van der Waals surface area contributed by atoms with Gasteiger partial charge in [-0.05, 0) is 31.7 Å². The van der Waals surface area contributed by atoms with Crippen LogP contribution in [0, 0.1) is 17.3 Å². The van der Waals surface area contributed by atoms with Gasteiger partial charge in [-0.1, -0.05) is 19.8 Å². The van der Waals surface area contributed by atoms with Gasteiger partial charge in [0.1, 0.15) is 0 Å².